The van der Waals surface area contributed by atoms with Gasteiger partial charge in [-0.25, -0.2) is 0 Å². The molecule has 0 aromatic heterocycles. The number of aromatic hydroxyl groups is 2. The van der Waals surface area contributed by atoms with E-state index in [0.29, 0.717) is 16.7 Å². The van der Waals surface area contributed by atoms with Crippen LogP contribution in [0.1, 0.15) is 45.5 Å². The summed E-state index contributed by atoms with van der Waals surface area (Å²) in [5.41, 5.74) is 1.11. The van der Waals surface area contributed by atoms with E-state index in [-0.39, 0.29) is 22.6 Å². The van der Waals surface area contributed by atoms with Crippen molar-refractivity contribution < 1.29 is 44.6 Å². The fourth-order valence-electron chi connectivity index (χ4n) is 4.41. The highest BCUT2D eigenvalue weighted by Gasteiger charge is 2.51. The van der Waals surface area contributed by atoms with E-state index in [1.54, 1.807) is 19.1 Å². The van der Waals surface area contributed by atoms with E-state index in [0.717, 1.165) is 6.92 Å². The average molecular weight is 430 g/mol. The molecule has 1 heterocycles. The minimum absolute atomic E-state index is 0.0648. The van der Waals surface area contributed by atoms with Gasteiger partial charge in [0.2, 0.25) is 12.1 Å². The minimum atomic E-state index is -1.72. The van der Waals surface area contributed by atoms with Gasteiger partial charge in [-0.2, -0.15) is 0 Å². The molecule has 1 fully saturated rings. The van der Waals surface area contributed by atoms with Gasteiger partial charge in [-0.1, -0.05) is 18.2 Å². The number of ketones is 1. The molecule has 1 aliphatic carbocycles. The van der Waals surface area contributed by atoms with Gasteiger partial charge in [0.25, 0.3) is 0 Å². The molecule has 1 aliphatic heterocycles. The second-order valence-corrected chi connectivity index (χ2v) is 7.85. The number of carbonyl (C=O) groups is 2. The number of phenols is 2. The van der Waals surface area contributed by atoms with Gasteiger partial charge in [-0.05, 0) is 35.7 Å². The Morgan fingerprint density at radius 3 is 2.32 bits per heavy atom. The molecule has 1 saturated heterocycles. The number of esters is 1. The molecule has 0 spiro atoms. The number of aryl methyl sites for hydroxylation is 1. The van der Waals surface area contributed by atoms with Crippen LogP contribution in [0, 0.1) is 6.92 Å². The topological polar surface area (TPSA) is 154 Å². The number of benzene rings is 2. The summed E-state index contributed by atoms with van der Waals surface area (Å²) in [5.74, 6) is -2.92. The van der Waals surface area contributed by atoms with Crippen LogP contribution in [0.3, 0.4) is 0 Å². The predicted octanol–water partition coefficient (Wildman–Crippen LogP) is 0.453. The lowest BCUT2D eigenvalue weighted by Crippen LogP contribution is -2.60. The summed E-state index contributed by atoms with van der Waals surface area (Å²) in [7, 11) is 0. The molecule has 6 atom stereocenters. The van der Waals surface area contributed by atoms with Crippen LogP contribution in [0.5, 0.6) is 11.5 Å². The highest BCUT2D eigenvalue weighted by molar-refractivity contribution is 6.16. The van der Waals surface area contributed by atoms with E-state index >= 15 is 0 Å². The molecule has 0 saturated carbocycles. The highest BCUT2D eigenvalue weighted by Crippen LogP contribution is 2.47. The molecule has 31 heavy (non-hydrogen) atoms. The molecule has 2 aliphatic rings. The quantitative estimate of drug-likeness (QED) is 0.427. The zero-order valence-corrected chi connectivity index (χ0v) is 16.7. The van der Waals surface area contributed by atoms with Crippen molar-refractivity contribution in [3.8, 4) is 11.5 Å². The Hall–Kier alpha value is -2.98. The molecule has 2 aromatic carbocycles. The summed E-state index contributed by atoms with van der Waals surface area (Å²) < 4.78 is 10.7. The number of aliphatic hydroxyl groups is 3. The first kappa shape index (κ1) is 21.3. The predicted molar refractivity (Wildman–Crippen MR) is 105 cm³/mol. The summed E-state index contributed by atoms with van der Waals surface area (Å²) in [6, 6.07) is 7.44. The standard InChI is InChI=1S/C22H22O9/c1-8-6-11-14(21-19(28)18(27)20(29)22(31-21)30-9(2)23)10-4-3-5-12(24)15(10)17(26)16(11)13(25)7-8/h3-7,14,18-22,24-25,27-29H,1-2H3/t14-,18+,19+,20-,21+,22+/m0/s1. The molecular weight excluding hydrogens is 408 g/mol. The van der Waals surface area contributed by atoms with E-state index in [9.17, 15) is 35.1 Å². The van der Waals surface area contributed by atoms with Gasteiger partial charge in [0.1, 0.15) is 35.9 Å². The van der Waals surface area contributed by atoms with Crippen LogP contribution in [0.4, 0.5) is 0 Å². The van der Waals surface area contributed by atoms with Crippen molar-refractivity contribution in [1.29, 1.82) is 0 Å². The third-order valence-electron chi connectivity index (χ3n) is 5.71. The van der Waals surface area contributed by atoms with Crippen LogP contribution in [-0.2, 0) is 14.3 Å². The molecule has 0 radical (unpaired) electrons. The second kappa shape index (κ2) is 7.61. The zero-order chi connectivity index (χ0) is 22.6. The van der Waals surface area contributed by atoms with Gasteiger partial charge < -0.3 is 35.0 Å². The molecule has 9 heteroatoms. The maximum atomic E-state index is 13.1. The van der Waals surface area contributed by atoms with Crippen LogP contribution in [-0.4, -0.2) is 68.0 Å². The second-order valence-electron chi connectivity index (χ2n) is 7.85. The van der Waals surface area contributed by atoms with E-state index in [1.807, 2.05) is 0 Å². The van der Waals surface area contributed by atoms with Crippen molar-refractivity contribution in [2.24, 2.45) is 0 Å². The van der Waals surface area contributed by atoms with E-state index < -0.39 is 48.4 Å². The number of phenolic OH excluding ortho intramolecular Hbond substituents is 2. The van der Waals surface area contributed by atoms with E-state index in [2.05, 4.69) is 0 Å². The normalized spacial score (nSPS) is 29.8. The van der Waals surface area contributed by atoms with Crippen molar-refractivity contribution >= 4 is 11.8 Å². The van der Waals surface area contributed by atoms with E-state index in [1.165, 1.54) is 18.2 Å². The van der Waals surface area contributed by atoms with Gasteiger partial charge in [0.05, 0.1) is 11.1 Å². The largest absolute Gasteiger partial charge is 0.507 e. The van der Waals surface area contributed by atoms with Gasteiger partial charge in [0, 0.05) is 12.8 Å². The summed E-state index contributed by atoms with van der Waals surface area (Å²) in [5, 5.41) is 52.2. The summed E-state index contributed by atoms with van der Waals surface area (Å²) >= 11 is 0. The zero-order valence-electron chi connectivity index (χ0n) is 16.7. The third kappa shape index (κ3) is 3.35. The molecule has 0 unspecified atom stereocenters. The fourth-order valence-corrected chi connectivity index (χ4v) is 4.41. The van der Waals surface area contributed by atoms with Crippen molar-refractivity contribution in [3.05, 3.63) is 58.1 Å². The first-order chi connectivity index (χ1) is 14.6. The Morgan fingerprint density at radius 1 is 0.968 bits per heavy atom. The van der Waals surface area contributed by atoms with Crippen molar-refractivity contribution in [3.63, 3.8) is 0 Å². The Labute approximate surface area is 177 Å². The number of hydrogen-bond acceptors (Lipinski definition) is 9. The first-order valence-corrected chi connectivity index (χ1v) is 9.68. The Kier molecular flexibility index (Phi) is 5.22. The highest BCUT2D eigenvalue weighted by atomic mass is 16.7. The van der Waals surface area contributed by atoms with Crippen molar-refractivity contribution in [2.45, 2.75) is 50.5 Å². The number of ether oxygens (including phenoxy) is 2. The van der Waals surface area contributed by atoms with Gasteiger partial charge in [0.15, 0.2) is 0 Å². The fraction of sp³-hybridized carbons (Fsp3) is 0.364. The molecule has 5 N–H and O–H groups in total. The van der Waals surface area contributed by atoms with Crippen LogP contribution in [0.2, 0.25) is 0 Å². The number of carbonyl (C=O) groups excluding carboxylic acids is 2. The minimum Gasteiger partial charge on any atom is -0.507 e. The molecule has 2 aromatic rings. The maximum Gasteiger partial charge on any atom is 0.305 e. The van der Waals surface area contributed by atoms with Gasteiger partial charge in [-0.15, -0.1) is 0 Å². The lowest BCUT2D eigenvalue weighted by Gasteiger charge is -2.44. The lowest BCUT2D eigenvalue weighted by atomic mass is 9.71. The number of hydrogen-bond donors (Lipinski definition) is 5. The SMILES string of the molecule is CC(=O)O[C@@H]1O[C@H]([C@H]2c3cccc(O)c3C(=O)c3c(O)cc(C)cc32)[C@H](O)[C@@H](O)[C@@H]1O. The molecule has 9 nitrogen and oxygen atoms in total. The summed E-state index contributed by atoms with van der Waals surface area (Å²) in [4.78, 5) is 24.5. The first-order valence-electron chi connectivity index (χ1n) is 9.68. The number of aliphatic hydroxyl groups excluding tert-OH is 3. The Balaban J connectivity index is 1.92. The Bertz CT molecular complexity index is 1060. The van der Waals surface area contributed by atoms with Crippen LogP contribution >= 0.6 is 0 Å². The molecule has 0 amide bonds. The number of rotatable bonds is 2. The molecule has 0 bridgehead atoms. The molecular formula is C22H22O9. The maximum absolute atomic E-state index is 13.1. The summed E-state index contributed by atoms with van der Waals surface area (Å²) in [6.45, 7) is 2.81. The van der Waals surface area contributed by atoms with Crippen molar-refractivity contribution in [2.75, 3.05) is 0 Å². The van der Waals surface area contributed by atoms with E-state index in [4.69, 9.17) is 9.47 Å². The Morgan fingerprint density at radius 2 is 1.65 bits per heavy atom. The van der Waals surface area contributed by atoms with Gasteiger partial charge in [-0.3, -0.25) is 9.59 Å². The molecule has 164 valence electrons. The van der Waals surface area contributed by atoms with Gasteiger partial charge >= 0.3 is 5.97 Å². The average Bonchev–Trinajstić information content (AvgIpc) is 2.68. The van der Waals surface area contributed by atoms with Crippen LogP contribution in [0.15, 0.2) is 30.3 Å². The van der Waals surface area contributed by atoms with Crippen molar-refractivity contribution in [1.82, 2.24) is 0 Å². The third-order valence-corrected chi connectivity index (χ3v) is 5.71. The summed E-state index contributed by atoms with van der Waals surface area (Å²) in [6.07, 6.45) is -7.90. The van der Waals surface area contributed by atoms with Crippen LogP contribution in [0.25, 0.3) is 0 Å². The monoisotopic (exact) mass is 430 g/mol. The lowest BCUT2D eigenvalue weighted by molar-refractivity contribution is -0.289. The smallest absolute Gasteiger partial charge is 0.305 e. The van der Waals surface area contributed by atoms with Crippen LogP contribution < -0.4 is 0 Å². The molecule has 4 rings (SSSR count). The number of fused-ring (bicyclic) bond motifs is 2.